The Balaban J connectivity index is 2.12. The Morgan fingerprint density at radius 1 is 1.35 bits per heavy atom. The average Bonchev–Trinajstić information content (AvgIpc) is 2.93. The van der Waals surface area contributed by atoms with Gasteiger partial charge in [0, 0.05) is 11.6 Å². The van der Waals surface area contributed by atoms with Gasteiger partial charge < -0.3 is 5.73 Å². The number of aromatic amines is 1. The lowest BCUT2D eigenvalue weighted by Gasteiger charge is -1.95. The SMILES string of the molecule is CCc1nc2ccc(-c3cc(N)n[nH]3)cc2s1. The highest BCUT2D eigenvalue weighted by Gasteiger charge is 2.06. The third-order valence-electron chi connectivity index (χ3n) is 2.64. The molecule has 0 aliphatic rings. The summed E-state index contributed by atoms with van der Waals surface area (Å²) in [5.74, 6) is 0.513. The molecule has 0 fully saturated rings. The molecule has 0 atom stereocenters. The van der Waals surface area contributed by atoms with Gasteiger partial charge in [0.15, 0.2) is 0 Å². The van der Waals surface area contributed by atoms with Crippen LogP contribution in [0.2, 0.25) is 0 Å². The molecule has 2 heterocycles. The highest BCUT2D eigenvalue weighted by atomic mass is 32.1. The Hall–Kier alpha value is -1.88. The zero-order valence-electron chi connectivity index (χ0n) is 9.40. The molecule has 86 valence electrons. The number of rotatable bonds is 2. The van der Waals surface area contributed by atoms with Crippen molar-refractivity contribution < 1.29 is 0 Å². The number of nitrogen functional groups attached to an aromatic ring is 1. The summed E-state index contributed by atoms with van der Waals surface area (Å²) in [4.78, 5) is 4.54. The zero-order chi connectivity index (χ0) is 11.8. The fraction of sp³-hybridized carbons (Fsp3) is 0.167. The Morgan fingerprint density at radius 2 is 2.24 bits per heavy atom. The van der Waals surface area contributed by atoms with Gasteiger partial charge in [0.1, 0.15) is 5.82 Å². The van der Waals surface area contributed by atoms with Crippen LogP contribution in [-0.4, -0.2) is 15.2 Å². The number of benzene rings is 1. The molecule has 4 nitrogen and oxygen atoms in total. The van der Waals surface area contributed by atoms with Crippen LogP contribution >= 0.6 is 11.3 Å². The first-order valence-electron chi connectivity index (χ1n) is 5.47. The number of aryl methyl sites for hydroxylation is 1. The Bertz CT molecular complexity index is 668. The first-order valence-corrected chi connectivity index (χ1v) is 6.28. The van der Waals surface area contributed by atoms with E-state index in [0.717, 1.165) is 23.2 Å². The second-order valence-electron chi connectivity index (χ2n) is 3.85. The van der Waals surface area contributed by atoms with Crippen molar-refractivity contribution in [2.45, 2.75) is 13.3 Å². The van der Waals surface area contributed by atoms with Crippen LogP contribution in [0, 0.1) is 0 Å². The van der Waals surface area contributed by atoms with E-state index in [1.807, 2.05) is 18.2 Å². The van der Waals surface area contributed by atoms with Crippen LogP contribution in [0.4, 0.5) is 5.82 Å². The number of nitrogens with one attached hydrogen (secondary N) is 1. The number of aromatic nitrogens is 3. The van der Waals surface area contributed by atoms with Crippen molar-refractivity contribution in [3.05, 3.63) is 29.3 Å². The van der Waals surface area contributed by atoms with Crippen LogP contribution in [-0.2, 0) is 6.42 Å². The van der Waals surface area contributed by atoms with E-state index in [1.165, 1.54) is 9.71 Å². The molecule has 0 saturated carbocycles. The number of hydrogen-bond acceptors (Lipinski definition) is 4. The standard InChI is InChI=1S/C12H12N4S/c1-2-12-14-8-4-3-7(5-10(8)17-12)9-6-11(13)16-15-9/h3-6H,2H2,1H3,(H3,13,15,16). The average molecular weight is 244 g/mol. The Kier molecular flexibility index (Phi) is 2.33. The smallest absolute Gasteiger partial charge is 0.145 e. The summed E-state index contributed by atoms with van der Waals surface area (Å²) >= 11 is 1.74. The molecule has 0 spiro atoms. The van der Waals surface area contributed by atoms with Crippen molar-refractivity contribution in [3.8, 4) is 11.3 Å². The maximum absolute atomic E-state index is 5.60. The van der Waals surface area contributed by atoms with E-state index in [9.17, 15) is 0 Å². The highest BCUT2D eigenvalue weighted by Crippen LogP contribution is 2.28. The number of anilines is 1. The summed E-state index contributed by atoms with van der Waals surface area (Å²) in [6, 6.07) is 8.04. The van der Waals surface area contributed by atoms with E-state index in [-0.39, 0.29) is 0 Å². The summed E-state index contributed by atoms with van der Waals surface area (Å²) in [6.07, 6.45) is 0.978. The maximum atomic E-state index is 5.60. The minimum atomic E-state index is 0.513. The number of fused-ring (bicyclic) bond motifs is 1. The molecular formula is C12H12N4S. The summed E-state index contributed by atoms with van der Waals surface area (Å²) in [5.41, 5.74) is 8.69. The van der Waals surface area contributed by atoms with Gasteiger partial charge >= 0.3 is 0 Å². The van der Waals surface area contributed by atoms with Gasteiger partial charge in [-0.1, -0.05) is 13.0 Å². The second kappa shape index (κ2) is 3.85. The van der Waals surface area contributed by atoms with Crippen molar-refractivity contribution in [1.29, 1.82) is 0 Å². The maximum Gasteiger partial charge on any atom is 0.145 e. The van der Waals surface area contributed by atoms with E-state index >= 15 is 0 Å². The van der Waals surface area contributed by atoms with Crippen molar-refractivity contribution in [2.24, 2.45) is 0 Å². The molecular weight excluding hydrogens is 232 g/mol. The van der Waals surface area contributed by atoms with E-state index in [0.29, 0.717) is 5.82 Å². The van der Waals surface area contributed by atoms with E-state index in [2.05, 4.69) is 28.2 Å². The number of nitrogens with two attached hydrogens (primary N) is 1. The van der Waals surface area contributed by atoms with E-state index in [1.54, 1.807) is 11.3 Å². The molecule has 3 aromatic rings. The van der Waals surface area contributed by atoms with Crippen LogP contribution < -0.4 is 5.73 Å². The third kappa shape index (κ3) is 1.78. The second-order valence-corrected chi connectivity index (χ2v) is 4.97. The molecule has 0 saturated heterocycles. The molecule has 5 heteroatoms. The van der Waals surface area contributed by atoms with Crippen LogP contribution in [0.25, 0.3) is 21.5 Å². The molecule has 3 rings (SSSR count). The lowest BCUT2D eigenvalue weighted by molar-refractivity contribution is 1.10. The van der Waals surface area contributed by atoms with Crippen LogP contribution in [0.15, 0.2) is 24.3 Å². The molecule has 2 aromatic heterocycles. The molecule has 0 aliphatic carbocycles. The number of thiazole rings is 1. The topological polar surface area (TPSA) is 67.6 Å². The normalized spacial score (nSPS) is 11.1. The van der Waals surface area contributed by atoms with Crippen LogP contribution in [0.1, 0.15) is 11.9 Å². The van der Waals surface area contributed by atoms with Crippen LogP contribution in [0.3, 0.4) is 0 Å². The van der Waals surface area contributed by atoms with Gasteiger partial charge in [0.05, 0.1) is 20.9 Å². The lowest BCUT2D eigenvalue weighted by atomic mass is 10.1. The summed E-state index contributed by atoms with van der Waals surface area (Å²) in [5, 5.41) is 8.02. The third-order valence-corrected chi connectivity index (χ3v) is 3.81. The van der Waals surface area contributed by atoms with Gasteiger partial charge in [-0.05, 0) is 18.6 Å². The summed E-state index contributed by atoms with van der Waals surface area (Å²) in [6.45, 7) is 2.12. The monoisotopic (exact) mass is 244 g/mol. The molecule has 3 N–H and O–H groups in total. The van der Waals surface area contributed by atoms with Crippen molar-refractivity contribution >= 4 is 27.4 Å². The van der Waals surface area contributed by atoms with Crippen LogP contribution in [0.5, 0.6) is 0 Å². The van der Waals surface area contributed by atoms with Crippen molar-refractivity contribution in [1.82, 2.24) is 15.2 Å². The van der Waals surface area contributed by atoms with Gasteiger partial charge in [-0.15, -0.1) is 11.3 Å². The van der Waals surface area contributed by atoms with E-state index in [4.69, 9.17) is 5.73 Å². The molecule has 17 heavy (non-hydrogen) atoms. The Labute approximate surface area is 102 Å². The molecule has 0 unspecified atom stereocenters. The van der Waals surface area contributed by atoms with Crippen molar-refractivity contribution in [3.63, 3.8) is 0 Å². The Morgan fingerprint density at radius 3 is 2.94 bits per heavy atom. The first kappa shape index (κ1) is 10.3. The van der Waals surface area contributed by atoms with Gasteiger partial charge in [0.2, 0.25) is 0 Å². The molecule has 0 radical (unpaired) electrons. The molecule has 0 aliphatic heterocycles. The summed E-state index contributed by atoms with van der Waals surface area (Å²) < 4.78 is 1.20. The first-order chi connectivity index (χ1) is 8.26. The van der Waals surface area contributed by atoms with E-state index < -0.39 is 0 Å². The number of nitrogens with zero attached hydrogens (tertiary/aromatic N) is 2. The molecule has 0 amide bonds. The van der Waals surface area contributed by atoms with Gasteiger partial charge in [-0.3, -0.25) is 5.10 Å². The van der Waals surface area contributed by atoms with Crippen molar-refractivity contribution in [2.75, 3.05) is 5.73 Å². The van der Waals surface area contributed by atoms with Gasteiger partial charge in [0.25, 0.3) is 0 Å². The quantitative estimate of drug-likeness (QED) is 0.728. The minimum absolute atomic E-state index is 0.513. The van der Waals surface area contributed by atoms with Gasteiger partial charge in [-0.2, -0.15) is 5.10 Å². The predicted octanol–water partition coefficient (Wildman–Crippen LogP) is 2.83. The fourth-order valence-corrected chi connectivity index (χ4v) is 2.72. The van der Waals surface area contributed by atoms with Gasteiger partial charge in [-0.25, -0.2) is 4.98 Å². The fourth-order valence-electron chi connectivity index (χ4n) is 1.78. The minimum Gasteiger partial charge on any atom is -0.382 e. The summed E-state index contributed by atoms with van der Waals surface area (Å²) in [7, 11) is 0. The predicted molar refractivity (Wildman–Crippen MR) is 71.0 cm³/mol. The highest BCUT2D eigenvalue weighted by molar-refractivity contribution is 7.18. The molecule has 1 aromatic carbocycles. The zero-order valence-corrected chi connectivity index (χ0v) is 10.2. The number of hydrogen-bond donors (Lipinski definition) is 2. The molecule has 0 bridgehead atoms. The number of H-pyrrole nitrogens is 1. The lowest BCUT2D eigenvalue weighted by Crippen LogP contribution is -1.81. The largest absolute Gasteiger partial charge is 0.382 e.